The van der Waals surface area contributed by atoms with E-state index in [1.807, 2.05) is 0 Å². The van der Waals surface area contributed by atoms with Crippen molar-refractivity contribution >= 4 is 0 Å². The molecule has 2 rings (SSSR count). The Bertz CT molecular complexity index is 564. The van der Waals surface area contributed by atoms with Gasteiger partial charge in [0.15, 0.2) is 0 Å². The van der Waals surface area contributed by atoms with Crippen LogP contribution in [0.4, 0.5) is 0 Å². The van der Waals surface area contributed by atoms with Crippen LogP contribution in [0.2, 0.25) is 0 Å². The highest BCUT2D eigenvalue weighted by Crippen LogP contribution is 2.30. The summed E-state index contributed by atoms with van der Waals surface area (Å²) in [5.74, 6) is 0.0398. The van der Waals surface area contributed by atoms with Crippen molar-refractivity contribution in [2.75, 3.05) is 6.61 Å². The molecule has 0 spiro atoms. The molecule has 0 bridgehead atoms. The molecule has 0 saturated carbocycles. The maximum absolute atomic E-state index is 9.89. The summed E-state index contributed by atoms with van der Waals surface area (Å²) < 4.78 is 0. The Morgan fingerprint density at radius 1 is 0.652 bits per heavy atom. The first kappa shape index (κ1) is 17.7. The minimum absolute atomic E-state index is 0.0398. The minimum atomic E-state index is 0.0398. The van der Waals surface area contributed by atoms with Crippen LogP contribution in [0.3, 0.4) is 0 Å². The van der Waals surface area contributed by atoms with Gasteiger partial charge in [0, 0.05) is 5.92 Å². The molecule has 0 fully saturated rings. The van der Waals surface area contributed by atoms with Crippen molar-refractivity contribution in [1.29, 1.82) is 0 Å². The predicted octanol–water partition coefficient (Wildman–Crippen LogP) is 5.41. The molecule has 0 saturated heterocycles. The first-order chi connectivity index (χ1) is 10.6. The molecule has 0 unspecified atom stereocenters. The molecule has 2 aromatic rings. The smallest absolute Gasteiger partial charge is 0.0540 e. The summed E-state index contributed by atoms with van der Waals surface area (Å²) in [6, 6.07) is 17.3. The van der Waals surface area contributed by atoms with Crippen LogP contribution < -0.4 is 0 Å². The molecule has 0 aliphatic rings. The zero-order valence-corrected chi connectivity index (χ0v) is 15.4. The van der Waals surface area contributed by atoms with Gasteiger partial charge in [0.1, 0.15) is 0 Å². The van der Waals surface area contributed by atoms with E-state index in [0.717, 1.165) is 0 Å². The molecule has 0 atom stereocenters. The van der Waals surface area contributed by atoms with E-state index in [2.05, 4.69) is 90.1 Å². The van der Waals surface area contributed by atoms with Crippen LogP contribution >= 0.6 is 0 Å². The predicted molar refractivity (Wildman–Crippen MR) is 99.2 cm³/mol. The molecule has 0 heterocycles. The van der Waals surface area contributed by atoms with Crippen molar-refractivity contribution in [3.05, 3.63) is 70.8 Å². The van der Waals surface area contributed by atoms with E-state index in [1.54, 1.807) is 0 Å². The number of hydrogen-bond donors (Lipinski definition) is 1. The second-order valence-electron chi connectivity index (χ2n) is 8.48. The van der Waals surface area contributed by atoms with Gasteiger partial charge in [-0.15, -0.1) is 0 Å². The molecule has 0 amide bonds. The molecule has 2 aromatic carbocycles. The number of benzene rings is 2. The molecule has 124 valence electrons. The highest BCUT2D eigenvalue weighted by Gasteiger charge is 2.18. The molecular weight excluding hydrogens is 280 g/mol. The van der Waals surface area contributed by atoms with Gasteiger partial charge in [-0.25, -0.2) is 0 Å². The number of aliphatic hydroxyl groups is 1. The van der Waals surface area contributed by atoms with Gasteiger partial charge in [-0.05, 0) is 33.1 Å². The molecule has 1 heteroatoms. The maximum Gasteiger partial charge on any atom is 0.0540 e. The molecule has 0 aliphatic heterocycles. The molecule has 0 aliphatic carbocycles. The Morgan fingerprint density at radius 2 is 0.957 bits per heavy atom. The third-order valence-corrected chi connectivity index (χ3v) is 4.54. The number of aliphatic hydroxyl groups excluding tert-OH is 1. The Labute approximate surface area is 141 Å². The Hall–Kier alpha value is -1.60. The number of rotatable bonds is 3. The van der Waals surface area contributed by atoms with Crippen LogP contribution in [0, 0.1) is 0 Å². The first-order valence-corrected chi connectivity index (χ1v) is 8.44. The second-order valence-corrected chi connectivity index (χ2v) is 8.48. The summed E-state index contributed by atoms with van der Waals surface area (Å²) in [6.45, 7) is 13.4. The Morgan fingerprint density at radius 3 is 1.17 bits per heavy atom. The summed E-state index contributed by atoms with van der Waals surface area (Å²) >= 11 is 0. The van der Waals surface area contributed by atoms with Crippen LogP contribution in [0.1, 0.15) is 69.7 Å². The van der Waals surface area contributed by atoms with Crippen molar-refractivity contribution in [3.8, 4) is 0 Å². The molecular formula is C22H30O. The average molecular weight is 310 g/mol. The van der Waals surface area contributed by atoms with Crippen molar-refractivity contribution in [2.45, 2.75) is 58.3 Å². The van der Waals surface area contributed by atoms with E-state index in [0.29, 0.717) is 0 Å². The van der Waals surface area contributed by atoms with Gasteiger partial charge in [0.25, 0.3) is 0 Å². The lowest BCUT2D eigenvalue weighted by molar-refractivity contribution is 0.280. The van der Waals surface area contributed by atoms with Crippen LogP contribution in [0.5, 0.6) is 0 Å². The van der Waals surface area contributed by atoms with Crippen LogP contribution in [0.25, 0.3) is 0 Å². The average Bonchev–Trinajstić information content (AvgIpc) is 2.47. The molecule has 23 heavy (non-hydrogen) atoms. The molecule has 0 radical (unpaired) electrons. The van der Waals surface area contributed by atoms with Crippen molar-refractivity contribution in [2.24, 2.45) is 0 Å². The molecule has 1 nitrogen and oxygen atoms in total. The molecule has 0 aromatic heterocycles. The van der Waals surface area contributed by atoms with E-state index >= 15 is 0 Å². The largest absolute Gasteiger partial charge is 0.395 e. The zero-order chi connectivity index (χ0) is 17.3. The fourth-order valence-corrected chi connectivity index (χ4v) is 2.83. The van der Waals surface area contributed by atoms with E-state index in [-0.39, 0.29) is 23.4 Å². The van der Waals surface area contributed by atoms with Gasteiger partial charge in [0.2, 0.25) is 0 Å². The Balaban J connectivity index is 2.29. The molecule has 1 N–H and O–H groups in total. The maximum atomic E-state index is 9.89. The normalized spacial score (nSPS) is 12.7. The van der Waals surface area contributed by atoms with Crippen LogP contribution in [0.15, 0.2) is 48.5 Å². The van der Waals surface area contributed by atoms with E-state index in [4.69, 9.17) is 0 Å². The van der Waals surface area contributed by atoms with Gasteiger partial charge in [-0.1, -0.05) is 90.1 Å². The lowest BCUT2D eigenvalue weighted by Gasteiger charge is -2.22. The van der Waals surface area contributed by atoms with Crippen molar-refractivity contribution < 1.29 is 5.11 Å². The lowest BCUT2D eigenvalue weighted by Crippen LogP contribution is -2.13. The summed E-state index contributed by atoms with van der Waals surface area (Å²) in [7, 11) is 0. The van der Waals surface area contributed by atoms with Gasteiger partial charge >= 0.3 is 0 Å². The fraction of sp³-hybridized carbons (Fsp3) is 0.455. The quantitative estimate of drug-likeness (QED) is 0.804. The topological polar surface area (TPSA) is 20.2 Å². The number of hydrogen-bond acceptors (Lipinski definition) is 1. The van der Waals surface area contributed by atoms with E-state index < -0.39 is 0 Å². The van der Waals surface area contributed by atoms with Crippen LogP contribution in [-0.4, -0.2) is 11.7 Å². The van der Waals surface area contributed by atoms with Crippen molar-refractivity contribution in [1.82, 2.24) is 0 Å². The van der Waals surface area contributed by atoms with Gasteiger partial charge in [-0.3, -0.25) is 0 Å². The fourth-order valence-electron chi connectivity index (χ4n) is 2.83. The van der Waals surface area contributed by atoms with Gasteiger partial charge in [0.05, 0.1) is 6.61 Å². The zero-order valence-electron chi connectivity index (χ0n) is 15.4. The van der Waals surface area contributed by atoms with E-state index in [1.165, 1.54) is 22.3 Å². The summed E-state index contributed by atoms with van der Waals surface area (Å²) in [4.78, 5) is 0. The SMILES string of the molecule is CC(C)(C)c1ccc(C(CO)c2ccc(C(C)(C)C)cc2)cc1. The summed E-state index contributed by atoms with van der Waals surface area (Å²) in [5.41, 5.74) is 5.29. The van der Waals surface area contributed by atoms with Crippen LogP contribution in [-0.2, 0) is 10.8 Å². The second kappa shape index (κ2) is 6.49. The summed E-state index contributed by atoms with van der Waals surface area (Å²) in [6.07, 6.45) is 0. The standard InChI is InChI=1S/C22H30O/c1-21(2,3)18-11-7-16(8-12-18)20(15-23)17-9-13-19(14-10-17)22(4,5)6/h7-14,20,23H,15H2,1-6H3. The summed E-state index contributed by atoms with van der Waals surface area (Å²) in [5, 5.41) is 9.89. The highest BCUT2D eigenvalue weighted by atomic mass is 16.3. The monoisotopic (exact) mass is 310 g/mol. The Kier molecular flexibility index (Phi) is 5.01. The van der Waals surface area contributed by atoms with Gasteiger partial charge < -0.3 is 5.11 Å². The first-order valence-electron chi connectivity index (χ1n) is 8.44. The lowest BCUT2D eigenvalue weighted by atomic mass is 9.83. The third-order valence-electron chi connectivity index (χ3n) is 4.54. The van der Waals surface area contributed by atoms with Gasteiger partial charge in [-0.2, -0.15) is 0 Å². The highest BCUT2D eigenvalue weighted by molar-refractivity contribution is 5.38. The third kappa shape index (κ3) is 4.23. The minimum Gasteiger partial charge on any atom is -0.395 e. The van der Waals surface area contributed by atoms with E-state index in [9.17, 15) is 5.11 Å². The van der Waals surface area contributed by atoms with Crippen molar-refractivity contribution in [3.63, 3.8) is 0 Å².